The fourth-order valence-electron chi connectivity index (χ4n) is 2.50. The van der Waals surface area contributed by atoms with Gasteiger partial charge in [0.25, 0.3) is 0 Å². The second kappa shape index (κ2) is 6.80. The highest BCUT2D eigenvalue weighted by molar-refractivity contribution is 5.41. The van der Waals surface area contributed by atoms with Gasteiger partial charge in [-0.15, -0.1) is 0 Å². The molecule has 0 radical (unpaired) electrons. The number of quaternary nitrogens is 1. The van der Waals surface area contributed by atoms with E-state index in [2.05, 4.69) is 58.3 Å². The lowest BCUT2D eigenvalue weighted by molar-refractivity contribution is 0.298. The molecule has 0 saturated carbocycles. The van der Waals surface area contributed by atoms with E-state index in [1.165, 1.54) is 37.9 Å². The normalized spacial score (nSPS) is 13.6. The van der Waals surface area contributed by atoms with Crippen molar-refractivity contribution in [3.05, 3.63) is 30.3 Å². The van der Waals surface area contributed by atoms with Gasteiger partial charge in [0.05, 0.1) is 20.6 Å². The minimum Gasteiger partial charge on any atom is -0.296 e. The fraction of sp³-hybridized carbons (Fsp3) is 0.625. The number of hydrogen-bond donors (Lipinski definition) is 0. The number of rotatable bonds is 7. The summed E-state index contributed by atoms with van der Waals surface area (Å²) in [5, 5.41) is 0. The van der Waals surface area contributed by atoms with Gasteiger partial charge in [-0.2, -0.15) is 0 Å². The highest BCUT2D eigenvalue weighted by atomic mass is 15.3. The molecule has 0 fully saturated rings. The Morgan fingerprint density at radius 2 is 1.71 bits per heavy atom. The summed E-state index contributed by atoms with van der Waals surface area (Å²) in [6.45, 7) is 5.86. The molecule has 0 aliphatic heterocycles. The largest absolute Gasteiger partial charge is 0.296 e. The lowest BCUT2D eigenvalue weighted by atomic mass is 9.98. The summed E-state index contributed by atoms with van der Waals surface area (Å²) in [7, 11) is 4.65. The Kier molecular flexibility index (Phi) is 5.70. The molecule has 96 valence electrons. The summed E-state index contributed by atoms with van der Waals surface area (Å²) in [6.07, 6.45) is 5.36. The van der Waals surface area contributed by atoms with Gasteiger partial charge >= 0.3 is 0 Å². The zero-order valence-electron chi connectivity index (χ0n) is 11.9. The van der Waals surface area contributed by atoms with Crippen LogP contribution in [0.15, 0.2) is 30.3 Å². The number of para-hydroxylation sites is 1. The van der Waals surface area contributed by atoms with Gasteiger partial charge in [0.1, 0.15) is 5.69 Å². The lowest BCUT2D eigenvalue weighted by Gasteiger charge is -2.33. The molecule has 0 saturated heterocycles. The van der Waals surface area contributed by atoms with Crippen LogP contribution in [0, 0.1) is 5.92 Å². The second-order valence-electron chi connectivity index (χ2n) is 5.62. The third kappa shape index (κ3) is 4.51. The van der Waals surface area contributed by atoms with E-state index in [0.717, 1.165) is 10.4 Å². The van der Waals surface area contributed by atoms with Gasteiger partial charge < -0.3 is 0 Å². The van der Waals surface area contributed by atoms with Crippen LogP contribution in [0.2, 0.25) is 0 Å². The fourth-order valence-corrected chi connectivity index (χ4v) is 2.50. The topological polar surface area (TPSA) is 0 Å². The summed E-state index contributed by atoms with van der Waals surface area (Å²) in [5.74, 6) is 0.852. The molecule has 0 amide bonds. The lowest BCUT2D eigenvalue weighted by Crippen LogP contribution is -2.44. The standard InChI is InChI=1S/C16H28N/c1-5-7-11-15(6-2)14-17(3,4)16-12-9-8-10-13-16/h8-10,12-13,15H,5-7,11,14H2,1-4H3/q+1. The number of benzene rings is 1. The Bertz CT molecular complexity index is 303. The van der Waals surface area contributed by atoms with E-state index in [1.807, 2.05) is 0 Å². The van der Waals surface area contributed by atoms with E-state index in [-0.39, 0.29) is 0 Å². The number of nitrogens with zero attached hydrogens (tertiary/aromatic N) is 1. The molecule has 1 aromatic rings. The average Bonchev–Trinajstić information content (AvgIpc) is 2.35. The first kappa shape index (κ1) is 14.2. The van der Waals surface area contributed by atoms with Crippen molar-refractivity contribution in [1.82, 2.24) is 4.48 Å². The third-order valence-corrected chi connectivity index (χ3v) is 3.71. The summed E-state index contributed by atoms with van der Waals surface area (Å²) in [4.78, 5) is 0. The number of hydrogen-bond acceptors (Lipinski definition) is 0. The maximum atomic E-state index is 2.32. The van der Waals surface area contributed by atoms with E-state index in [1.54, 1.807) is 0 Å². The summed E-state index contributed by atoms with van der Waals surface area (Å²) >= 11 is 0. The van der Waals surface area contributed by atoms with Crippen LogP contribution in [0.25, 0.3) is 0 Å². The van der Waals surface area contributed by atoms with Crippen molar-refractivity contribution in [3.63, 3.8) is 0 Å². The van der Waals surface area contributed by atoms with E-state index in [9.17, 15) is 0 Å². The zero-order valence-corrected chi connectivity index (χ0v) is 11.9. The molecule has 0 spiro atoms. The smallest absolute Gasteiger partial charge is 0.132 e. The van der Waals surface area contributed by atoms with E-state index in [4.69, 9.17) is 0 Å². The van der Waals surface area contributed by atoms with Gasteiger partial charge in [-0.1, -0.05) is 44.9 Å². The van der Waals surface area contributed by atoms with Crippen LogP contribution in [0.1, 0.15) is 39.5 Å². The van der Waals surface area contributed by atoms with Crippen LogP contribution < -0.4 is 4.48 Å². The van der Waals surface area contributed by atoms with Gasteiger partial charge in [0, 0.05) is 5.92 Å². The van der Waals surface area contributed by atoms with Gasteiger partial charge in [-0.25, -0.2) is 0 Å². The van der Waals surface area contributed by atoms with Gasteiger partial charge in [-0.05, 0) is 25.0 Å². The van der Waals surface area contributed by atoms with Crippen LogP contribution >= 0.6 is 0 Å². The van der Waals surface area contributed by atoms with Crippen LogP contribution in [-0.2, 0) is 0 Å². The molecule has 0 heterocycles. The third-order valence-electron chi connectivity index (χ3n) is 3.71. The van der Waals surface area contributed by atoms with Crippen LogP contribution in [-0.4, -0.2) is 20.6 Å². The van der Waals surface area contributed by atoms with Crippen LogP contribution in [0.4, 0.5) is 5.69 Å². The molecule has 1 nitrogen and oxygen atoms in total. The first-order valence-electron chi connectivity index (χ1n) is 6.98. The molecule has 0 aromatic heterocycles. The predicted octanol–water partition coefficient (Wildman–Crippen LogP) is 4.47. The van der Waals surface area contributed by atoms with Gasteiger partial charge in [0.2, 0.25) is 0 Å². The SMILES string of the molecule is CCCCC(CC)C[N+](C)(C)c1ccccc1. The number of unbranched alkanes of at least 4 members (excludes halogenated alkanes) is 1. The van der Waals surface area contributed by atoms with E-state index >= 15 is 0 Å². The van der Waals surface area contributed by atoms with Crippen molar-refractivity contribution < 1.29 is 0 Å². The molecule has 0 aliphatic rings. The first-order chi connectivity index (χ1) is 8.10. The maximum absolute atomic E-state index is 2.32. The molecular formula is C16H28N+. The molecule has 1 unspecified atom stereocenters. The van der Waals surface area contributed by atoms with Crippen molar-refractivity contribution in [3.8, 4) is 0 Å². The molecule has 0 aliphatic carbocycles. The minimum absolute atomic E-state index is 0.852. The maximum Gasteiger partial charge on any atom is 0.132 e. The highest BCUT2D eigenvalue weighted by Crippen LogP contribution is 2.23. The molecule has 1 atom stereocenters. The minimum atomic E-state index is 0.852. The average molecular weight is 234 g/mol. The molecule has 1 heteroatoms. The van der Waals surface area contributed by atoms with Crippen LogP contribution in [0.3, 0.4) is 0 Å². The Balaban J connectivity index is 2.64. The Morgan fingerprint density at radius 1 is 1.06 bits per heavy atom. The van der Waals surface area contributed by atoms with E-state index in [0.29, 0.717) is 0 Å². The second-order valence-corrected chi connectivity index (χ2v) is 5.62. The predicted molar refractivity (Wildman–Crippen MR) is 78.3 cm³/mol. The van der Waals surface area contributed by atoms with E-state index < -0.39 is 0 Å². The Hall–Kier alpha value is -0.820. The summed E-state index contributed by atoms with van der Waals surface area (Å²) in [5.41, 5.74) is 1.42. The van der Waals surface area contributed by atoms with Crippen molar-refractivity contribution in [2.45, 2.75) is 39.5 Å². The zero-order chi connectivity index (χ0) is 12.7. The van der Waals surface area contributed by atoms with Crippen molar-refractivity contribution in [1.29, 1.82) is 0 Å². The summed E-state index contributed by atoms with van der Waals surface area (Å²) < 4.78 is 1.00. The molecule has 0 bridgehead atoms. The van der Waals surface area contributed by atoms with Gasteiger partial charge in [-0.3, -0.25) is 4.48 Å². The van der Waals surface area contributed by atoms with Crippen molar-refractivity contribution in [2.75, 3.05) is 20.6 Å². The monoisotopic (exact) mass is 234 g/mol. The highest BCUT2D eigenvalue weighted by Gasteiger charge is 2.22. The molecule has 17 heavy (non-hydrogen) atoms. The van der Waals surface area contributed by atoms with Crippen molar-refractivity contribution >= 4 is 5.69 Å². The van der Waals surface area contributed by atoms with Crippen LogP contribution in [0.5, 0.6) is 0 Å². The quantitative estimate of drug-likeness (QED) is 0.611. The molecule has 0 N–H and O–H groups in total. The first-order valence-corrected chi connectivity index (χ1v) is 6.98. The van der Waals surface area contributed by atoms with Gasteiger partial charge in [0.15, 0.2) is 0 Å². The summed E-state index contributed by atoms with van der Waals surface area (Å²) in [6, 6.07) is 10.9. The molecular weight excluding hydrogens is 206 g/mol. The molecule has 1 aromatic carbocycles. The Labute approximate surface area is 107 Å². The van der Waals surface area contributed by atoms with Crippen molar-refractivity contribution in [2.24, 2.45) is 5.92 Å². The molecule has 1 rings (SSSR count). The Morgan fingerprint density at radius 3 is 2.24 bits per heavy atom.